The summed E-state index contributed by atoms with van der Waals surface area (Å²) >= 11 is 0. The first-order valence-corrected chi connectivity index (χ1v) is 12.5. The third kappa shape index (κ3) is 5.57. The van der Waals surface area contributed by atoms with E-state index in [0.29, 0.717) is 29.8 Å². The molecule has 39 heavy (non-hydrogen) atoms. The van der Waals surface area contributed by atoms with E-state index in [1.807, 2.05) is 11.8 Å². The predicted octanol–water partition coefficient (Wildman–Crippen LogP) is 6.39. The summed E-state index contributed by atoms with van der Waals surface area (Å²) < 4.78 is 94.4. The van der Waals surface area contributed by atoms with Crippen LogP contribution < -0.4 is 15.1 Å². The molecule has 6 nitrogen and oxygen atoms in total. The summed E-state index contributed by atoms with van der Waals surface area (Å²) in [6, 6.07) is 4.90. The van der Waals surface area contributed by atoms with Gasteiger partial charge in [-0.25, -0.2) is 14.4 Å². The van der Waals surface area contributed by atoms with Gasteiger partial charge >= 0.3 is 12.4 Å². The van der Waals surface area contributed by atoms with Crippen LogP contribution in [0.15, 0.2) is 36.5 Å². The van der Waals surface area contributed by atoms with Gasteiger partial charge in [0.1, 0.15) is 17.5 Å². The van der Waals surface area contributed by atoms with E-state index >= 15 is 0 Å². The Balaban J connectivity index is 1.51. The minimum Gasteiger partial charge on any atom is -0.355 e. The zero-order valence-electron chi connectivity index (χ0n) is 20.9. The minimum absolute atomic E-state index is 0.0620. The Labute approximate surface area is 219 Å². The summed E-state index contributed by atoms with van der Waals surface area (Å²) in [5.74, 6) is -0.913. The number of hydrogen-bond donors (Lipinski definition) is 1. The molecule has 0 saturated carbocycles. The van der Waals surface area contributed by atoms with Crippen LogP contribution in [-0.2, 0) is 25.2 Å². The molecule has 2 aliphatic heterocycles. The van der Waals surface area contributed by atoms with Crippen molar-refractivity contribution in [3.63, 3.8) is 0 Å². The number of aromatic nitrogens is 3. The van der Waals surface area contributed by atoms with Gasteiger partial charge in [0.25, 0.3) is 0 Å². The maximum absolute atomic E-state index is 14.3. The highest BCUT2D eigenvalue weighted by molar-refractivity contribution is 5.63. The first kappa shape index (κ1) is 26.9. The Kier molecular flexibility index (Phi) is 7.02. The van der Waals surface area contributed by atoms with Gasteiger partial charge < -0.3 is 15.1 Å². The molecule has 208 valence electrons. The van der Waals surface area contributed by atoms with Crippen molar-refractivity contribution in [3.8, 4) is 0 Å². The number of nitrogens with zero attached hydrogens (tertiary/aromatic N) is 5. The van der Waals surface area contributed by atoms with E-state index in [-0.39, 0.29) is 49.3 Å². The van der Waals surface area contributed by atoms with Crippen molar-refractivity contribution < 1.29 is 30.7 Å². The van der Waals surface area contributed by atoms with Gasteiger partial charge in [-0.15, -0.1) is 0 Å². The molecule has 2 aliphatic rings. The molecule has 0 aliphatic carbocycles. The molecule has 5 rings (SSSR count). The van der Waals surface area contributed by atoms with Gasteiger partial charge in [0.05, 0.1) is 16.8 Å². The van der Waals surface area contributed by atoms with Gasteiger partial charge in [-0.1, -0.05) is 0 Å². The summed E-state index contributed by atoms with van der Waals surface area (Å²) in [6.45, 7) is 3.13. The number of alkyl halides is 6. The van der Waals surface area contributed by atoms with E-state index in [4.69, 9.17) is 4.98 Å². The lowest BCUT2D eigenvalue weighted by Crippen LogP contribution is -2.29. The number of fused-ring (bicyclic) bond motifs is 1. The summed E-state index contributed by atoms with van der Waals surface area (Å²) in [7, 11) is 0. The topological polar surface area (TPSA) is 57.2 Å². The van der Waals surface area contributed by atoms with Crippen LogP contribution >= 0.6 is 0 Å². The number of rotatable bonds is 4. The molecule has 0 radical (unpaired) electrons. The van der Waals surface area contributed by atoms with Crippen LogP contribution in [-0.4, -0.2) is 40.6 Å². The monoisotopic (exact) mass is 554 g/mol. The summed E-state index contributed by atoms with van der Waals surface area (Å²) in [5.41, 5.74) is -0.939. The molecule has 1 atom stereocenters. The van der Waals surface area contributed by atoms with Crippen molar-refractivity contribution in [2.75, 3.05) is 34.8 Å². The lowest BCUT2D eigenvalue weighted by molar-refractivity contribution is -0.140. The summed E-state index contributed by atoms with van der Waals surface area (Å²) in [4.78, 5) is 17.0. The smallest absolute Gasteiger partial charge is 0.355 e. The highest BCUT2D eigenvalue weighted by Crippen LogP contribution is 2.37. The van der Waals surface area contributed by atoms with E-state index in [0.717, 1.165) is 31.0 Å². The van der Waals surface area contributed by atoms with Crippen LogP contribution in [0.25, 0.3) is 0 Å². The standard InChI is InChI=1S/C26H25F7N6/c1-15-4-3-11-39(15)24-36-21-9-13-38(23-19(26(31,32)33)5-2-10-34-23)12-8-17(21)22(37-24)35-16-6-7-18(20(27)14-16)25(28,29)30/h2,5-7,10,14-15H,3-4,8-9,11-13H2,1H3,(H,35,36,37). The molecule has 0 bridgehead atoms. The molecule has 4 heterocycles. The lowest BCUT2D eigenvalue weighted by Gasteiger charge is -2.24. The molecular weight excluding hydrogens is 529 g/mol. The van der Waals surface area contributed by atoms with Gasteiger partial charge in [0.2, 0.25) is 5.95 Å². The van der Waals surface area contributed by atoms with Crippen molar-refractivity contribution >= 4 is 23.3 Å². The van der Waals surface area contributed by atoms with E-state index < -0.39 is 29.3 Å². The Morgan fingerprint density at radius 2 is 1.67 bits per heavy atom. The molecular formula is C26H25F7N6. The number of anilines is 4. The van der Waals surface area contributed by atoms with Gasteiger partial charge in [-0.05, 0) is 56.5 Å². The van der Waals surface area contributed by atoms with E-state index in [1.54, 1.807) is 4.90 Å². The Bertz CT molecular complexity index is 1360. The second kappa shape index (κ2) is 10.2. The van der Waals surface area contributed by atoms with Gasteiger partial charge in [-0.3, -0.25) is 0 Å². The highest BCUT2D eigenvalue weighted by atomic mass is 19.4. The number of halogens is 7. The normalized spacial score (nSPS) is 18.2. The van der Waals surface area contributed by atoms with Gasteiger partial charge in [-0.2, -0.15) is 31.3 Å². The largest absolute Gasteiger partial charge is 0.419 e. The van der Waals surface area contributed by atoms with Crippen molar-refractivity contribution in [1.82, 2.24) is 15.0 Å². The zero-order chi connectivity index (χ0) is 27.9. The van der Waals surface area contributed by atoms with Gasteiger partial charge in [0, 0.05) is 49.5 Å². The number of hydrogen-bond acceptors (Lipinski definition) is 6. The molecule has 3 aromatic rings. The van der Waals surface area contributed by atoms with E-state index in [2.05, 4.69) is 15.3 Å². The number of benzene rings is 1. The molecule has 2 aromatic heterocycles. The molecule has 1 saturated heterocycles. The van der Waals surface area contributed by atoms with Crippen molar-refractivity contribution in [2.45, 2.75) is 51.0 Å². The summed E-state index contributed by atoms with van der Waals surface area (Å²) in [6.07, 6.45) is -5.72. The van der Waals surface area contributed by atoms with Crippen molar-refractivity contribution in [3.05, 3.63) is 64.7 Å². The maximum atomic E-state index is 14.3. The van der Waals surface area contributed by atoms with Gasteiger partial charge in [0.15, 0.2) is 0 Å². The van der Waals surface area contributed by atoms with Crippen LogP contribution in [0.4, 0.5) is 54.0 Å². The fraction of sp³-hybridized carbons (Fsp3) is 0.423. The van der Waals surface area contributed by atoms with Crippen LogP contribution in [0.5, 0.6) is 0 Å². The Morgan fingerprint density at radius 1 is 0.923 bits per heavy atom. The average Bonchev–Trinajstić information content (AvgIpc) is 3.17. The van der Waals surface area contributed by atoms with Crippen LogP contribution in [0.1, 0.15) is 42.1 Å². The molecule has 1 unspecified atom stereocenters. The predicted molar refractivity (Wildman–Crippen MR) is 132 cm³/mol. The Morgan fingerprint density at radius 3 is 2.33 bits per heavy atom. The fourth-order valence-corrected chi connectivity index (χ4v) is 5.09. The zero-order valence-corrected chi connectivity index (χ0v) is 20.9. The van der Waals surface area contributed by atoms with Crippen LogP contribution in [0.2, 0.25) is 0 Å². The van der Waals surface area contributed by atoms with E-state index in [9.17, 15) is 30.7 Å². The summed E-state index contributed by atoms with van der Waals surface area (Å²) in [5, 5.41) is 2.95. The number of pyridine rings is 1. The quantitative estimate of drug-likeness (QED) is 0.378. The molecule has 13 heteroatoms. The first-order chi connectivity index (χ1) is 18.4. The molecule has 1 aromatic carbocycles. The first-order valence-electron chi connectivity index (χ1n) is 12.5. The molecule has 0 spiro atoms. The van der Waals surface area contributed by atoms with E-state index in [1.165, 1.54) is 12.3 Å². The maximum Gasteiger partial charge on any atom is 0.419 e. The Hall–Kier alpha value is -3.64. The fourth-order valence-electron chi connectivity index (χ4n) is 5.09. The SMILES string of the molecule is CC1CCCN1c1nc2c(c(Nc3ccc(C(F)(F)F)c(F)c3)n1)CCN(c1ncccc1C(F)(F)F)CC2. The molecule has 1 N–H and O–H groups in total. The van der Waals surface area contributed by atoms with Crippen molar-refractivity contribution in [1.29, 1.82) is 0 Å². The second-order valence-corrected chi connectivity index (χ2v) is 9.66. The third-order valence-corrected chi connectivity index (χ3v) is 7.07. The second-order valence-electron chi connectivity index (χ2n) is 9.66. The number of nitrogens with one attached hydrogen (secondary N) is 1. The lowest BCUT2D eigenvalue weighted by atomic mass is 10.1. The third-order valence-electron chi connectivity index (χ3n) is 7.07. The van der Waals surface area contributed by atoms with Crippen molar-refractivity contribution in [2.24, 2.45) is 0 Å². The highest BCUT2D eigenvalue weighted by Gasteiger charge is 2.37. The van der Waals surface area contributed by atoms with Crippen LogP contribution in [0, 0.1) is 5.82 Å². The minimum atomic E-state index is -4.84. The molecule has 0 amide bonds. The average molecular weight is 555 g/mol. The molecule has 1 fully saturated rings. The van der Waals surface area contributed by atoms with Crippen LogP contribution in [0.3, 0.4) is 0 Å².